The fraction of sp³-hybridized carbons (Fsp3) is 0.400. The van der Waals surface area contributed by atoms with E-state index in [-0.39, 0.29) is 11.3 Å². The van der Waals surface area contributed by atoms with Gasteiger partial charge in [0.25, 0.3) is 5.91 Å². The molecule has 0 radical (unpaired) electrons. The van der Waals surface area contributed by atoms with E-state index in [1.807, 2.05) is 31.2 Å². The molecule has 1 amide bonds. The number of carbonyl (C=O) groups is 1. The van der Waals surface area contributed by atoms with Gasteiger partial charge in [0.15, 0.2) is 0 Å². The molecule has 106 valence electrons. The quantitative estimate of drug-likeness (QED) is 0.934. The molecular weight excluding hydrogens is 252 g/mol. The summed E-state index contributed by atoms with van der Waals surface area (Å²) in [6.45, 7) is 9.12. The van der Waals surface area contributed by atoms with E-state index in [1.165, 1.54) is 5.56 Å². The average Bonchev–Trinajstić information content (AvgIpc) is 2.85. The SMILES string of the molecule is CCn1cnnc1NC(=O)c1ccc(C(C)(C)C)cc1. The number of nitrogens with one attached hydrogen (secondary N) is 1. The first kappa shape index (κ1) is 14.2. The van der Waals surface area contributed by atoms with Gasteiger partial charge in [0.05, 0.1) is 0 Å². The van der Waals surface area contributed by atoms with Crippen molar-refractivity contribution < 1.29 is 4.79 Å². The number of aryl methyl sites for hydroxylation is 1. The highest BCUT2D eigenvalue weighted by Gasteiger charge is 2.15. The number of nitrogens with zero attached hydrogens (tertiary/aromatic N) is 3. The molecule has 0 unspecified atom stereocenters. The standard InChI is InChI=1S/C15H20N4O/c1-5-19-10-16-18-14(19)17-13(20)11-6-8-12(9-7-11)15(2,3)4/h6-10H,5H2,1-4H3,(H,17,18,20). The molecule has 2 rings (SSSR count). The Morgan fingerprint density at radius 2 is 1.90 bits per heavy atom. The normalized spacial score (nSPS) is 11.4. The van der Waals surface area contributed by atoms with Crippen LogP contribution in [0.25, 0.3) is 0 Å². The summed E-state index contributed by atoms with van der Waals surface area (Å²) in [5, 5.41) is 10.4. The lowest BCUT2D eigenvalue weighted by Crippen LogP contribution is -2.16. The van der Waals surface area contributed by atoms with Gasteiger partial charge < -0.3 is 0 Å². The third-order valence-electron chi connectivity index (χ3n) is 3.19. The number of hydrogen-bond acceptors (Lipinski definition) is 3. The molecule has 0 aliphatic rings. The van der Waals surface area contributed by atoms with Crippen molar-refractivity contribution in [3.8, 4) is 0 Å². The summed E-state index contributed by atoms with van der Waals surface area (Å²) in [4.78, 5) is 12.1. The van der Waals surface area contributed by atoms with Crippen LogP contribution in [0.2, 0.25) is 0 Å². The number of amides is 1. The Bertz CT molecular complexity index is 593. The Labute approximate surface area is 119 Å². The molecule has 1 N–H and O–H groups in total. The van der Waals surface area contributed by atoms with Gasteiger partial charge in [-0.15, -0.1) is 10.2 Å². The zero-order chi connectivity index (χ0) is 14.8. The van der Waals surface area contributed by atoms with Gasteiger partial charge in [0.2, 0.25) is 5.95 Å². The molecular formula is C15H20N4O. The van der Waals surface area contributed by atoms with Crippen molar-refractivity contribution in [2.24, 2.45) is 0 Å². The van der Waals surface area contributed by atoms with E-state index in [0.29, 0.717) is 18.1 Å². The minimum Gasteiger partial charge on any atom is -0.300 e. The molecule has 1 aromatic heterocycles. The van der Waals surface area contributed by atoms with Gasteiger partial charge >= 0.3 is 0 Å². The van der Waals surface area contributed by atoms with Crippen molar-refractivity contribution in [3.63, 3.8) is 0 Å². The van der Waals surface area contributed by atoms with Gasteiger partial charge in [-0.25, -0.2) is 0 Å². The van der Waals surface area contributed by atoms with Gasteiger partial charge in [0, 0.05) is 12.1 Å². The number of rotatable bonds is 3. The van der Waals surface area contributed by atoms with Crippen LogP contribution in [0, 0.1) is 0 Å². The average molecular weight is 272 g/mol. The first-order chi connectivity index (χ1) is 9.41. The van der Waals surface area contributed by atoms with E-state index in [4.69, 9.17) is 0 Å². The van der Waals surface area contributed by atoms with Crippen molar-refractivity contribution in [1.82, 2.24) is 14.8 Å². The van der Waals surface area contributed by atoms with Gasteiger partial charge in [0.1, 0.15) is 6.33 Å². The second-order valence-corrected chi connectivity index (χ2v) is 5.72. The third-order valence-corrected chi connectivity index (χ3v) is 3.19. The van der Waals surface area contributed by atoms with E-state index in [9.17, 15) is 4.79 Å². The molecule has 1 aromatic carbocycles. The summed E-state index contributed by atoms with van der Waals surface area (Å²) in [6, 6.07) is 7.64. The monoisotopic (exact) mass is 272 g/mol. The van der Waals surface area contributed by atoms with E-state index < -0.39 is 0 Å². The first-order valence-corrected chi connectivity index (χ1v) is 6.71. The molecule has 0 saturated carbocycles. The Morgan fingerprint density at radius 3 is 2.45 bits per heavy atom. The Morgan fingerprint density at radius 1 is 1.25 bits per heavy atom. The minimum atomic E-state index is -0.173. The summed E-state index contributed by atoms with van der Waals surface area (Å²) in [6.07, 6.45) is 1.60. The van der Waals surface area contributed by atoms with Crippen molar-refractivity contribution in [1.29, 1.82) is 0 Å². The van der Waals surface area contributed by atoms with Crippen LogP contribution in [0.5, 0.6) is 0 Å². The molecule has 0 aliphatic carbocycles. The highest BCUT2D eigenvalue weighted by atomic mass is 16.1. The maximum atomic E-state index is 12.1. The molecule has 2 aromatic rings. The van der Waals surface area contributed by atoms with E-state index in [0.717, 1.165) is 0 Å². The smallest absolute Gasteiger partial charge is 0.258 e. The first-order valence-electron chi connectivity index (χ1n) is 6.71. The van der Waals surface area contributed by atoms with Gasteiger partial charge in [-0.1, -0.05) is 32.9 Å². The summed E-state index contributed by atoms with van der Waals surface area (Å²) >= 11 is 0. The molecule has 0 aliphatic heterocycles. The molecule has 1 heterocycles. The molecule has 0 atom stereocenters. The Balaban J connectivity index is 2.14. The lowest BCUT2D eigenvalue weighted by atomic mass is 9.87. The van der Waals surface area contributed by atoms with E-state index in [1.54, 1.807) is 10.9 Å². The van der Waals surface area contributed by atoms with Crippen LogP contribution in [0.4, 0.5) is 5.95 Å². The molecule has 0 bridgehead atoms. The second-order valence-electron chi connectivity index (χ2n) is 5.72. The van der Waals surface area contributed by atoms with Crippen molar-refractivity contribution in [2.75, 3.05) is 5.32 Å². The topological polar surface area (TPSA) is 59.8 Å². The summed E-state index contributed by atoms with van der Waals surface area (Å²) < 4.78 is 1.78. The molecule has 0 spiro atoms. The number of carbonyl (C=O) groups excluding carboxylic acids is 1. The van der Waals surface area contributed by atoms with Crippen LogP contribution in [-0.4, -0.2) is 20.7 Å². The second kappa shape index (κ2) is 5.45. The molecule has 5 nitrogen and oxygen atoms in total. The minimum absolute atomic E-state index is 0.0807. The molecule has 20 heavy (non-hydrogen) atoms. The fourth-order valence-corrected chi connectivity index (χ4v) is 1.88. The molecule has 0 saturated heterocycles. The Kier molecular flexibility index (Phi) is 3.88. The van der Waals surface area contributed by atoms with Crippen LogP contribution in [0.1, 0.15) is 43.6 Å². The van der Waals surface area contributed by atoms with Crippen LogP contribution in [0.3, 0.4) is 0 Å². The van der Waals surface area contributed by atoms with E-state index in [2.05, 4.69) is 36.3 Å². The zero-order valence-corrected chi connectivity index (χ0v) is 12.3. The fourth-order valence-electron chi connectivity index (χ4n) is 1.88. The molecule has 5 heteroatoms. The highest BCUT2D eigenvalue weighted by Crippen LogP contribution is 2.22. The maximum Gasteiger partial charge on any atom is 0.258 e. The largest absolute Gasteiger partial charge is 0.300 e. The van der Waals surface area contributed by atoms with Gasteiger partial charge in [-0.2, -0.15) is 0 Å². The third kappa shape index (κ3) is 3.04. The summed E-state index contributed by atoms with van der Waals surface area (Å²) in [7, 11) is 0. The van der Waals surface area contributed by atoms with Crippen molar-refractivity contribution in [3.05, 3.63) is 41.7 Å². The summed E-state index contributed by atoms with van der Waals surface area (Å²) in [5.74, 6) is 0.297. The lowest BCUT2D eigenvalue weighted by molar-refractivity contribution is 0.102. The predicted molar refractivity (Wildman–Crippen MR) is 78.8 cm³/mol. The predicted octanol–water partition coefficient (Wildman–Crippen LogP) is 2.85. The van der Waals surface area contributed by atoms with Crippen LogP contribution < -0.4 is 5.32 Å². The lowest BCUT2D eigenvalue weighted by Gasteiger charge is -2.19. The van der Waals surface area contributed by atoms with Crippen LogP contribution >= 0.6 is 0 Å². The van der Waals surface area contributed by atoms with Gasteiger partial charge in [-0.05, 0) is 30.0 Å². The zero-order valence-electron chi connectivity index (χ0n) is 12.3. The Hall–Kier alpha value is -2.17. The number of benzene rings is 1. The number of hydrogen-bond donors (Lipinski definition) is 1. The highest BCUT2D eigenvalue weighted by molar-refractivity contribution is 6.03. The maximum absolute atomic E-state index is 12.1. The van der Waals surface area contributed by atoms with Crippen molar-refractivity contribution >= 4 is 11.9 Å². The van der Waals surface area contributed by atoms with Crippen molar-refractivity contribution in [2.45, 2.75) is 39.7 Å². The van der Waals surface area contributed by atoms with Crippen LogP contribution in [0.15, 0.2) is 30.6 Å². The number of aromatic nitrogens is 3. The van der Waals surface area contributed by atoms with Crippen LogP contribution in [-0.2, 0) is 12.0 Å². The van der Waals surface area contributed by atoms with Gasteiger partial charge in [-0.3, -0.25) is 14.7 Å². The van der Waals surface area contributed by atoms with E-state index >= 15 is 0 Å². The number of anilines is 1. The summed E-state index contributed by atoms with van der Waals surface area (Å²) in [5.41, 5.74) is 1.90. The molecule has 0 fully saturated rings.